The fourth-order valence-corrected chi connectivity index (χ4v) is 0.386. The summed E-state index contributed by atoms with van der Waals surface area (Å²) < 4.78 is 14.3. The molecule has 6 heteroatoms. The predicted molar refractivity (Wildman–Crippen MR) is 29.5 cm³/mol. The zero-order chi connectivity index (χ0) is 6.57. The molecule has 0 saturated carbocycles. The average Bonchev–Trinajstić information content (AvgIpc) is 1.61. The second-order valence-electron chi connectivity index (χ2n) is 1.19. The maximum Gasteiger partial charge on any atom is 1.00 e. The molecule has 48 valence electrons. The van der Waals surface area contributed by atoms with E-state index in [1.165, 1.54) is 13.6 Å². The number of hydrogen-bond acceptors (Lipinski definition) is 3. The fourth-order valence-electron chi connectivity index (χ4n) is 0.129. The molecule has 1 unspecified atom stereocenters. The van der Waals surface area contributed by atoms with Crippen molar-refractivity contribution in [2.75, 3.05) is 6.66 Å². The standard InChI is InChI=1S/C3H6NO3P.Na.H/c1-3(5)4-7-8(2)6;;/h1-2H3;;/q;+1;-1/p+1. The first-order valence-corrected chi connectivity index (χ1v) is 3.60. The number of amides is 1. The van der Waals surface area contributed by atoms with Crippen LogP contribution in [-0.4, -0.2) is 12.6 Å². The van der Waals surface area contributed by atoms with Gasteiger partial charge in [0, 0.05) is 6.92 Å². The van der Waals surface area contributed by atoms with Crippen LogP contribution in [0.2, 0.25) is 0 Å². The third kappa shape index (κ3) is 11.9. The zero-order valence-electron chi connectivity index (χ0n) is 6.67. The van der Waals surface area contributed by atoms with Crippen molar-refractivity contribution in [3.8, 4) is 0 Å². The molecule has 0 aliphatic rings. The summed E-state index contributed by atoms with van der Waals surface area (Å²) in [6, 6.07) is 0. The molecule has 0 saturated heterocycles. The quantitative estimate of drug-likeness (QED) is 0.277. The van der Waals surface area contributed by atoms with Crippen molar-refractivity contribution in [3.05, 3.63) is 0 Å². The van der Waals surface area contributed by atoms with E-state index in [9.17, 15) is 9.36 Å². The van der Waals surface area contributed by atoms with Crippen LogP contribution in [0.25, 0.3) is 0 Å². The SMILES string of the molecule is CC(=O)NO[P+](C)=O.[H-].[Na+]. The van der Waals surface area contributed by atoms with E-state index in [2.05, 4.69) is 4.62 Å². The van der Waals surface area contributed by atoms with Crippen LogP contribution in [0.5, 0.6) is 0 Å². The van der Waals surface area contributed by atoms with Gasteiger partial charge in [-0.25, -0.2) is 0 Å². The second-order valence-corrected chi connectivity index (χ2v) is 2.25. The first-order chi connectivity index (χ1) is 3.63. The Kier molecular flexibility index (Phi) is 9.03. The van der Waals surface area contributed by atoms with Crippen LogP contribution in [-0.2, 0) is 14.0 Å². The Bertz CT molecular complexity index is 108. The molecule has 0 aliphatic carbocycles. The predicted octanol–water partition coefficient (Wildman–Crippen LogP) is -2.46. The summed E-state index contributed by atoms with van der Waals surface area (Å²) in [7, 11) is -1.71. The summed E-state index contributed by atoms with van der Waals surface area (Å²) in [5, 5.41) is 0. The van der Waals surface area contributed by atoms with Gasteiger partial charge in [0.2, 0.25) is 5.91 Å². The summed E-state index contributed by atoms with van der Waals surface area (Å²) in [6.07, 6.45) is 0. The van der Waals surface area contributed by atoms with Gasteiger partial charge in [0.15, 0.2) is 6.66 Å². The zero-order valence-corrected chi connectivity index (χ0v) is 8.57. The van der Waals surface area contributed by atoms with Crippen LogP contribution >= 0.6 is 8.03 Å². The second kappa shape index (κ2) is 6.65. The molecule has 0 rings (SSSR count). The van der Waals surface area contributed by atoms with Gasteiger partial charge in [-0.05, 0) is 9.19 Å². The van der Waals surface area contributed by atoms with Crippen LogP contribution in [0.4, 0.5) is 0 Å². The molecule has 9 heavy (non-hydrogen) atoms. The summed E-state index contributed by atoms with van der Waals surface area (Å²) in [5.74, 6) is -0.352. The third-order valence-corrected chi connectivity index (χ3v) is 0.666. The molecule has 0 spiro atoms. The molecule has 4 nitrogen and oxygen atoms in total. The van der Waals surface area contributed by atoms with Gasteiger partial charge in [-0.3, -0.25) is 4.79 Å². The Balaban J connectivity index is -0.000000245. The Hall–Kier alpha value is 0.530. The van der Waals surface area contributed by atoms with Crippen LogP contribution in [0, 0.1) is 0 Å². The molecule has 0 fully saturated rings. The van der Waals surface area contributed by atoms with Gasteiger partial charge in [0.1, 0.15) is 0 Å². The van der Waals surface area contributed by atoms with E-state index in [4.69, 9.17) is 0 Å². The van der Waals surface area contributed by atoms with Crippen molar-refractivity contribution < 1.29 is 45.0 Å². The summed E-state index contributed by atoms with van der Waals surface area (Å²) in [6.45, 7) is 2.63. The maximum atomic E-state index is 10.1. The Morgan fingerprint density at radius 1 is 1.78 bits per heavy atom. The van der Waals surface area contributed by atoms with Gasteiger partial charge in [0.05, 0.1) is 0 Å². The van der Waals surface area contributed by atoms with E-state index in [1.807, 2.05) is 5.48 Å². The Morgan fingerprint density at radius 3 is 2.33 bits per heavy atom. The number of hydrogen-bond donors (Lipinski definition) is 1. The van der Waals surface area contributed by atoms with Crippen molar-refractivity contribution in [2.24, 2.45) is 0 Å². The molecule has 0 aromatic rings. The largest absolute Gasteiger partial charge is 1.00 e. The molecular formula is C3H8NNaO3P+. The average molecular weight is 160 g/mol. The van der Waals surface area contributed by atoms with Crippen molar-refractivity contribution in [2.45, 2.75) is 6.92 Å². The number of carbonyl (C=O) groups is 1. The van der Waals surface area contributed by atoms with Crippen LogP contribution in [0.1, 0.15) is 8.35 Å². The third-order valence-electron chi connectivity index (χ3n) is 0.318. The van der Waals surface area contributed by atoms with E-state index < -0.39 is 8.03 Å². The molecule has 1 N–H and O–H groups in total. The van der Waals surface area contributed by atoms with E-state index in [0.717, 1.165) is 0 Å². The normalized spacial score (nSPS) is 9.33. The van der Waals surface area contributed by atoms with Crippen molar-refractivity contribution in [3.63, 3.8) is 0 Å². The van der Waals surface area contributed by atoms with Gasteiger partial charge in [0.25, 0.3) is 0 Å². The first kappa shape index (κ1) is 12.2. The topological polar surface area (TPSA) is 55.4 Å². The monoisotopic (exact) mass is 160 g/mol. The number of carbonyl (C=O) groups excluding carboxylic acids is 1. The summed E-state index contributed by atoms with van der Waals surface area (Å²) >= 11 is 0. The minimum Gasteiger partial charge on any atom is -1.00 e. The van der Waals surface area contributed by atoms with Crippen LogP contribution in [0.15, 0.2) is 0 Å². The van der Waals surface area contributed by atoms with Gasteiger partial charge in [-0.2, -0.15) is 5.48 Å². The molecule has 0 aromatic heterocycles. The minimum atomic E-state index is -1.71. The first-order valence-electron chi connectivity index (χ1n) is 1.97. The summed E-state index contributed by atoms with van der Waals surface area (Å²) in [4.78, 5) is 9.98. The maximum absolute atomic E-state index is 10.1. The smallest absolute Gasteiger partial charge is 1.00 e. The van der Waals surface area contributed by atoms with Crippen LogP contribution < -0.4 is 35.0 Å². The van der Waals surface area contributed by atoms with Gasteiger partial charge in [-0.1, -0.05) is 0 Å². The van der Waals surface area contributed by atoms with Gasteiger partial charge >= 0.3 is 37.6 Å². The Labute approximate surface area is 77.9 Å². The van der Waals surface area contributed by atoms with E-state index >= 15 is 0 Å². The summed E-state index contributed by atoms with van der Waals surface area (Å²) in [5.41, 5.74) is 1.92. The number of rotatable bonds is 2. The molecule has 0 radical (unpaired) electrons. The number of hydroxylamine groups is 1. The molecular weight excluding hydrogens is 152 g/mol. The van der Waals surface area contributed by atoms with Crippen molar-refractivity contribution >= 4 is 13.9 Å². The van der Waals surface area contributed by atoms with Gasteiger partial charge < -0.3 is 1.43 Å². The van der Waals surface area contributed by atoms with Crippen molar-refractivity contribution in [1.82, 2.24) is 5.48 Å². The van der Waals surface area contributed by atoms with Crippen molar-refractivity contribution in [1.29, 1.82) is 0 Å². The van der Waals surface area contributed by atoms with E-state index in [1.54, 1.807) is 0 Å². The minimum absolute atomic E-state index is 0. The molecule has 0 heterocycles. The van der Waals surface area contributed by atoms with Crippen LogP contribution in [0.3, 0.4) is 0 Å². The molecule has 1 atom stereocenters. The van der Waals surface area contributed by atoms with E-state index in [-0.39, 0.29) is 36.9 Å². The number of nitrogens with one attached hydrogen (secondary N) is 1. The van der Waals surface area contributed by atoms with Gasteiger partial charge in [-0.15, -0.1) is 0 Å². The van der Waals surface area contributed by atoms with E-state index in [0.29, 0.717) is 0 Å². The molecule has 0 aromatic carbocycles. The Morgan fingerprint density at radius 2 is 2.22 bits per heavy atom. The fraction of sp³-hybridized carbons (Fsp3) is 0.667. The molecule has 0 aliphatic heterocycles. The molecule has 1 amide bonds. The molecule has 0 bridgehead atoms.